The maximum absolute atomic E-state index is 12.9. The monoisotopic (exact) mass is 421 g/mol. The third-order valence-electron chi connectivity index (χ3n) is 6.63. The average Bonchev–Trinajstić information content (AvgIpc) is 3.45. The predicted octanol–water partition coefficient (Wildman–Crippen LogP) is 3.94. The van der Waals surface area contributed by atoms with Crippen molar-refractivity contribution in [1.29, 1.82) is 0 Å². The van der Waals surface area contributed by atoms with E-state index in [1.165, 1.54) is 11.1 Å². The smallest absolute Gasteiger partial charge is 0.410 e. The Hall–Kier alpha value is -3.02. The molecule has 2 atom stereocenters. The molecule has 1 aliphatic carbocycles. The molecule has 2 fully saturated rings. The van der Waals surface area contributed by atoms with Crippen molar-refractivity contribution < 1.29 is 14.3 Å². The molecule has 2 aromatic rings. The molecule has 1 saturated carbocycles. The summed E-state index contributed by atoms with van der Waals surface area (Å²) in [4.78, 5) is 26.5. The second kappa shape index (κ2) is 8.25. The van der Waals surface area contributed by atoms with Crippen LogP contribution in [0.1, 0.15) is 55.7 Å². The van der Waals surface area contributed by atoms with Gasteiger partial charge in [0.25, 0.3) is 0 Å². The molecular weight excluding hydrogens is 390 g/mol. The summed E-state index contributed by atoms with van der Waals surface area (Å²) in [6.45, 7) is 4.81. The first-order valence-corrected chi connectivity index (χ1v) is 11.0. The fourth-order valence-electron chi connectivity index (χ4n) is 4.65. The topological polar surface area (TPSA) is 98.7 Å². The number of ether oxygens (including phenoxy) is 1. The fraction of sp³-hybridized carbons (Fsp3) is 0.440. The van der Waals surface area contributed by atoms with E-state index in [1.54, 1.807) is 0 Å². The minimum atomic E-state index is -0.388. The summed E-state index contributed by atoms with van der Waals surface area (Å²) in [5, 5.41) is 0. The molecule has 0 radical (unpaired) electrons. The number of hydrogen-bond donors (Lipinski definition) is 2. The molecule has 6 heteroatoms. The van der Waals surface area contributed by atoms with Crippen molar-refractivity contribution >= 4 is 17.7 Å². The Morgan fingerprint density at radius 3 is 2.52 bits per heavy atom. The van der Waals surface area contributed by atoms with Gasteiger partial charge in [-0.25, -0.2) is 4.79 Å². The Labute approximate surface area is 183 Å². The highest BCUT2D eigenvalue weighted by atomic mass is 16.6. The van der Waals surface area contributed by atoms with Crippen LogP contribution in [0.5, 0.6) is 0 Å². The molecule has 6 nitrogen and oxygen atoms in total. The van der Waals surface area contributed by atoms with Crippen LogP contribution >= 0.6 is 0 Å². The van der Waals surface area contributed by atoms with Gasteiger partial charge in [0, 0.05) is 18.0 Å². The van der Waals surface area contributed by atoms with Gasteiger partial charge in [0.2, 0.25) is 5.91 Å². The molecule has 4 N–H and O–H groups in total. The first kappa shape index (κ1) is 21.2. The summed E-state index contributed by atoms with van der Waals surface area (Å²) < 4.78 is 5.81. The number of carbonyl (C=O) groups is 2. The van der Waals surface area contributed by atoms with E-state index in [0.717, 1.165) is 18.4 Å². The molecule has 2 aliphatic rings. The van der Waals surface area contributed by atoms with Gasteiger partial charge >= 0.3 is 6.09 Å². The fourth-order valence-corrected chi connectivity index (χ4v) is 4.65. The molecular formula is C25H31N3O3. The standard InChI is InChI=1S/C25H31N3O3/c1-16(2)18-4-3-5-20(13-18)25(10-11-25)28-15-22(31-24(28)30)19(14-23(27)29)12-17-6-8-21(26)9-7-17/h3-9,13,16,19,22H,10-12,14-15,26H2,1-2H3,(H2,27,29)/t19-,22-/m0/s1. The van der Waals surface area contributed by atoms with Crippen LogP contribution < -0.4 is 11.5 Å². The van der Waals surface area contributed by atoms with Gasteiger partial charge in [-0.1, -0.05) is 50.2 Å². The highest BCUT2D eigenvalue weighted by Crippen LogP contribution is 2.53. The lowest BCUT2D eigenvalue weighted by molar-refractivity contribution is -0.119. The predicted molar refractivity (Wildman–Crippen MR) is 120 cm³/mol. The number of anilines is 1. The maximum Gasteiger partial charge on any atom is 0.410 e. The molecule has 0 aromatic heterocycles. The van der Waals surface area contributed by atoms with E-state index >= 15 is 0 Å². The normalized spacial score (nSPS) is 20.5. The van der Waals surface area contributed by atoms with Gasteiger partial charge in [0.1, 0.15) is 6.10 Å². The van der Waals surface area contributed by atoms with Crippen LogP contribution in [-0.4, -0.2) is 29.5 Å². The van der Waals surface area contributed by atoms with E-state index in [0.29, 0.717) is 24.6 Å². The van der Waals surface area contributed by atoms with Crippen LogP contribution in [0, 0.1) is 5.92 Å². The van der Waals surface area contributed by atoms with Crippen LogP contribution in [-0.2, 0) is 21.5 Å². The second-order valence-electron chi connectivity index (χ2n) is 9.22. The van der Waals surface area contributed by atoms with Crippen molar-refractivity contribution in [3.8, 4) is 0 Å². The Kier molecular flexibility index (Phi) is 5.65. The zero-order chi connectivity index (χ0) is 22.2. The van der Waals surface area contributed by atoms with Gasteiger partial charge < -0.3 is 16.2 Å². The molecule has 2 aromatic carbocycles. The highest BCUT2D eigenvalue weighted by Gasteiger charge is 2.56. The number of benzene rings is 2. The van der Waals surface area contributed by atoms with Crippen LogP contribution in [0.15, 0.2) is 48.5 Å². The molecule has 1 aliphatic heterocycles. The SMILES string of the molecule is CC(C)c1cccc(C2(N3C[C@@H]([C@H](CC(N)=O)Cc4ccc(N)cc4)OC3=O)CC2)c1. The van der Waals surface area contributed by atoms with E-state index in [2.05, 4.69) is 38.1 Å². The minimum Gasteiger partial charge on any atom is -0.444 e. The van der Waals surface area contributed by atoms with Crippen molar-refractivity contribution in [1.82, 2.24) is 4.90 Å². The van der Waals surface area contributed by atoms with Gasteiger partial charge in [-0.15, -0.1) is 0 Å². The number of nitrogens with zero attached hydrogens (tertiary/aromatic N) is 1. The number of cyclic esters (lactones) is 1. The minimum absolute atomic E-state index is 0.173. The van der Waals surface area contributed by atoms with Crippen molar-refractivity contribution in [2.24, 2.45) is 11.7 Å². The Morgan fingerprint density at radius 1 is 1.19 bits per heavy atom. The first-order valence-electron chi connectivity index (χ1n) is 11.0. The molecule has 0 bridgehead atoms. The number of rotatable bonds is 8. The number of amides is 2. The molecule has 164 valence electrons. The zero-order valence-electron chi connectivity index (χ0n) is 18.2. The van der Waals surface area contributed by atoms with Crippen LogP contribution in [0.2, 0.25) is 0 Å². The largest absolute Gasteiger partial charge is 0.444 e. The molecule has 1 saturated heterocycles. The number of primary amides is 1. The lowest BCUT2D eigenvalue weighted by Gasteiger charge is -2.27. The van der Waals surface area contributed by atoms with E-state index in [9.17, 15) is 9.59 Å². The molecule has 1 heterocycles. The summed E-state index contributed by atoms with van der Waals surface area (Å²) >= 11 is 0. The van der Waals surface area contributed by atoms with E-state index < -0.39 is 0 Å². The van der Waals surface area contributed by atoms with E-state index in [1.807, 2.05) is 29.2 Å². The van der Waals surface area contributed by atoms with Crippen molar-refractivity contribution in [3.05, 3.63) is 65.2 Å². The van der Waals surface area contributed by atoms with Crippen LogP contribution in [0.4, 0.5) is 10.5 Å². The van der Waals surface area contributed by atoms with Crippen molar-refractivity contribution in [3.63, 3.8) is 0 Å². The lowest BCUT2D eigenvalue weighted by Crippen LogP contribution is -2.38. The lowest BCUT2D eigenvalue weighted by atomic mass is 9.90. The van der Waals surface area contributed by atoms with Gasteiger partial charge in [-0.3, -0.25) is 9.69 Å². The van der Waals surface area contributed by atoms with Gasteiger partial charge in [-0.05, 0) is 54.0 Å². The average molecular weight is 422 g/mol. The summed E-state index contributed by atoms with van der Waals surface area (Å²) in [6.07, 6.45) is 1.95. The maximum atomic E-state index is 12.9. The van der Waals surface area contributed by atoms with Crippen LogP contribution in [0.3, 0.4) is 0 Å². The molecule has 0 spiro atoms. The second-order valence-corrected chi connectivity index (χ2v) is 9.22. The van der Waals surface area contributed by atoms with Crippen molar-refractivity contribution in [2.75, 3.05) is 12.3 Å². The Bertz CT molecular complexity index is 966. The summed E-state index contributed by atoms with van der Waals surface area (Å²) in [6, 6.07) is 16.1. The number of nitrogen functional groups attached to an aromatic ring is 1. The highest BCUT2D eigenvalue weighted by molar-refractivity contribution is 5.75. The molecule has 0 unspecified atom stereocenters. The molecule has 4 rings (SSSR count). The number of hydrogen-bond acceptors (Lipinski definition) is 4. The number of nitrogens with two attached hydrogens (primary N) is 2. The molecule has 31 heavy (non-hydrogen) atoms. The third kappa shape index (κ3) is 4.38. The zero-order valence-corrected chi connectivity index (χ0v) is 18.2. The van der Waals surface area contributed by atoms with Gasteiger partial charge in [-0.2, -0.15) is 0 Å². The quantitative estimate of drug-likeness (QED) is 0.631. The third-order valence-corrected chi connectivity index (χ3v) is 6.63. The Balaban J connectivity index is 1.54. The van der Waals surface area contributed by atoms with Gasteiger partial charge in [0.05, 0.1) is 12.1 Å². The number of carbonyl (C=O) groups excluding carboxylic acids is 2. The van der Waals surface area contributed by atoms with Crippen LogP contribution in [0.25, 0.3) is 0 Å². The van der Waals surface area contributed by atoms with E-state index in [4.69, 9.17) is 16.2 Å². The summed E-state index contributed by atoms with van der Waals surface area (Å²) in [5.41, 5.74) is 15.2. The first-order chi connectivity index (χ1) is 14.8. The molecule has 2 amide bonds. The summed E-state index contributed by atoms with van der Waals surface area (Å²) in [5.74, 6) is -0.137. The summed E-state index contributed by atoms with van der Waals surface area (Å²) in [7, 11) is 0. The van der Waals surface area contributed by atoms with E-state index in [-0.39, 0.29) is 36.0 Å². The van der Waals surface area contributed by atoms with Gasteiger partial charge in [0.15, 0.2) is 0 Å². The Morgan fingerprint density at radius 2 is 1.90 bits per heavy atom. The van der Waals surface area contributed by atoms with Crippen molar-refractivity contribution in [2.45, 2.75) is 57.1 Å².